The van der Waals surface area contributed by atoms with Gasteiger partial charge in [-0.1, -0.05) is 19.1 Å². The number of carbonyl (C=O) groups excluding carboxylic acids is 2. The van der Waals surface area contributed by atoms with Gasteiger partial charge >= 0.3 is 0 Å². The molecule has 2 rings (SSSR count). The number of pyridine rings is 1. The molecule has 1 amide bonds. The summed E-state index contributed by atoms with van der Waals surface area (Å²) < 4.78 is 5.72. The minimum Gasteiger partial charge on any atom is -0.488 e. The van der Waals surface area contributed by atoms with Gasteiger partial charge in [-0.25, -0.2) is 0 Å². The highest BCUT2D eigenvalue weighted by atomic mass is 16.5. The first-order valence-electron chi connectivity index (χ1n) is 7.11. The highest BCUT2D eigenvalue weighted by molar-refractivity contribution is 5.98. The van der Waals surface area contributed by atoms with E-state index in [0.717, 1.165) is 11.8 Å². The Balaban J connectivity index is 2.09. The molecule has 1 atom stereocenters. The molecule has 0 bridgehead atoms. The van der Waals surface area contributed by atoms with Crippen molar-refractivity contribution in [2.24, 2.45) is 0 Å². The molecule has 0 spiro atoms. The van der Waals surface area contributed by atoms with Gasteiger partial charge < -0.3 is 14.8 Å². The molecule has 0 saturated carbocycles. The van der Waals surface area contributed by atoms with E-state index in [9.17, 15) is 9.59 Å². The topological polar surface area (TPSA) is 68.3 Å². The van der Waals surface area contributed by atoms with Crippen LogP contribution < -0.4 is 10.1 Å². The van der Waals surface area contributed by atoms with E-state index in [4.69, 9.17) is 4.74 Å². The van der Waals surface area contributed by atoms with Crippen LogP contribution >= 0.6 is 0 Å². The van der Waals surface area contributed by atoms with Crippen molar-refractivity contribution in [2.45, 2.75) is 26.0 Å². The molecule has 0 saturated heterocycles. The summed E-state index contributed by atoms with van der Waals surface area (Å²) in [5.74, 6) is 0.168. The Morgan fingerprint density at radius 1 is 1.27 bits per heavy atom. The second kappa shape index (κ2) is 7.93. The first kappa shape index (κ1) is 15.7. The van der Waals surface area contributed by atoms with E-state index < -0.39 is 6.04 Å². The van der Waals surface area contributed by atoms with E-state index in [0.29, 0.717) is 24.3 Å². The molecular weight excluding hydrogens is 280 g/mol. The lowest BCUT2D eigenvalue weighted by Crippen LogP contribution is -2.35. The summed E-state index contributed by atoms with van der Waals surface area (Å²) in [5, 5.41) is 2.67. The number of para-hydroxylation sites is 1. The molecule has 1 unspecified atom stereocenters. The van der Waals surface area contributed by atoms with Gasteiger partial charge in [0.05, 0.1) is 11.6 Å². The molecule has 5 heteroatoms. The van der Waals surface area contributed by atoms with Gasteiger partial charge in [0.2, 0.25) is 0 Å². The third-order valence-electron chi connectivity index (χ3n) is 3.20. The highest BCUT2D eigenvalue weighted by Crippen LogP contribution is 2.19. The minimum absolute atomic E-state index is 0.315. The summed E-state index contributed by atoms with van der Waals surface area (Å²) in [6.45, 7) is 2.18. The van der Waals surface area contributed by atoms with Crippen molar-refractivity contribution in [1.82, 2.24) is 10.3 Å². The lowest BCUT2D eigenvalue weighted by atomic mass is 10.1. The van der Waals surface area contributed by atoms with E-state index >= 15 is 0 Å². The van der Waals surface area contributed by atoms with Crippen molar-refractivity contribution in [1.29, 1.82) is 0 Å². The second-order valence-electron chi connectivity index (χ2n) is 4.76. The van der Waals surface area contributed by atoms with E-state index in [1.165, 1.54) is 0 Å². The maximum absolute atomic E-state index is 12.2. The summed E-state index contributed by atoms with van der Waals surface area (Å²) in [6, 6.07) is 10.2. The molecule has 0 radical (unpaired) electrons. The number of ether oxygens (including phenoxy) is 1. The Morgan fingerprint density at radius 2 is 2.00 bits per heavy atom. The largest absolute Gasteiger partial charge is 0.488 e. The van der Waals surface area contributed by atoms with Crippen molar-refractivity contribution in [3.05, 3.63) is 59.9 Å². The number of benzene rings is 1. The zero-order valence-corrected chi connectivity index (χ0v) is 12.4. The van der Waals surface area contributed by atoms with Crippen LogP contribution in [0.25, 0.3) is 0 Å². The fraction of sp³-hybridized carbons (Fsp3) is 0.235. The molecule has 1 aromatic heterocycles. The molecule has 22 heavy (non-hydrogen) atoms. The van der Waals surface area contributed by atoms with E-state index in [-0.39, 0.29) is 5.91 Å². The average molecular weight is 298 g/mol. The zero-order valence-electron chi connectivity index (χ0n) is 12.4. The number of rotatable bonds is 7. The van der Waals surface area contributed by atoms with Crippen LogP contribution in [-0.2, 0) is 11.4 Å². The van der Waals surface area contributed by atoms with Crippen molar-refractivity contribution in [3.63, 3.8) is 0 Å². The standard InChI is InChI=1S/C17H18N2O3/c1-2-14(11-20)19-17(21)15-5-3-4-6-16(15)22-12-13-7-9-18-10-8-13/h3-11,14H,2,12H2,1H3,(H,19,21). The van der Waals surface area contributed by atoms with Crippen LogP contribution in [0.4, 0.5) is 0 Å². The Bertz CT molecular complexity index is 629. The summed E-state index contributed by atoms with van der Waals surface area (Å²) in [7, 11) is 0. The summed E-state index contributed by atoms with van der Waals surface area (Å²) in [5.41, 5.74) is 1.38. The molecule has 114 valence electrons. The molecule has 0 aliphatic carbocycles. The van der Waals surface area contributed by atoms with Gasteiger partial charge in [0.25, 0.3) is 5.91 Å². The Kier molecular flexibility index (Phi) is 5.65. The van der Waals surface area contributed by atoms with Crippen molar-refractivity contribution < 1.29 is 14.3 Å². The van der Waals surface area contributed by atoms with Crippen LogP contribution in [0.5, 0.6) is 5.75 Å². The quantitative estimate of drug-likeness (QED) is 0.797. The highest BCUT2D eigenvalue weighted by Gasteiger charge is 2.15. The monoisotopic (exact) mass is 298 g/mol. The Morgan fingerprint density at radius 3 is 2.68 bits per heavy atom. The molecule has 1 heterocycles. The number of hydrogen-bond donors (Lipinski definition) is 1. The zero-order chi connectivity index (χ0) is 15.8. The molecular formula is C17H18N2O3. The summed E-state index contributed by atoms with van der Waals surface area (Å²) in [4.78, 5) is 27.0. The third-order valence-corrected chi connectivity index (χ3v) is 3.20. The van der Waals surface area contributed by atoms with Gasteiger partial charge in [0.1, 0.15) is 18.6 Å². The fourth-order valence-electron chi connectivity index (χ4n) is 1.90. The Labute approximate surface area is 129 Å². The van der Waals surface area contributed by atoms with Crippen molar-refractivity contribution in [2.75, 3.05) is 0 Å². The number of aromatic nitrogens is 1. The van der Waals surface area contributed by atoms with E-state index in [1.54, 1.807) is 36.7 Å². The average Bonchev–Trinajstić information content (AvgIpc) is 2.58. The number of nitrogens with one attached hydrogen (secondary N) is 1. The van der Waals surface area contributed by atoms with Crippen LogP contribution in [0.15, 0.2) is 48.8 Å². The van der Waals surface area contributed by atoms with Gasteiger partial charge in [-0.05, 0) is 36.2 Å². The van der Waals surface area contributed by atoms with Gasteiger partial charge in [-0.3, -0.25) is 9.78 Å². The summed E-state index contributed by atoms with van der Waals surface area (Å²) >= 11 is 0. The predicted molar refractivity (Wildman–Crippen MR) is 82.6 cm³/mol. The van der Waals surface area contributed by atoms with Crippen LogP contribution in [-0.4, -0.2) is 23.2 Å². The number of amides is 1. The molecule has 1 aromatic carbocycles. The van der Waals surface area contributed by atoms with Crippen LogP contribution in [0.1, 0.15) is 29.3 Å². The SMILES string of the molecule is CCC(C=O)NC(=O)c1ccccc1OCc1ccncc1. The third kappa shape index (κ3) is 4.15. The first-order valence-corrected chi connectivity index (χ1v) is 7.11. The van der Waals surface area contributed by atoms with Crippen LogP contribution in [0.3, 0.4) is 0 Å². The molecule has 5 nitrogen and oxygen atoms in total. The molecule has 1 N–H and O–H groups in total. The van der Waals surface area contributed by atoms with Crippen molar-refractivity contribution in [3.8, 4) is 5.75 Å². The molecule has 0 aliphatic heterocycles. The lowest BCUT2D eigenvalue weighted by Gasteiger charge is -2.14. The number of aldehydes is 1. The van der Waals surface area contributed by atoms with Gasteiger partial charge in [-0.2, -0.15) is 0 Å². The van der Waals surface area contributed by atoms with Crippen molar-refractivity contribution >= 4 is 12.2 Å². The smallest absolute Gasteiger partial charge is 0.255 e. The fourth-order valence-corrected chi connectivity index (χ4v) is 1.90. The maximum Gasteiger partial charge on any atom is 0.255 e. The predicted octanol–water partition coefficient (Wildman–Crippen LogP) is 2.37. The number of nitrogens with zero attached hydrogens (tertiary/aromatic N) is 1. The normalized spacial score (nSPS) is 11.5. The number of hydrogen-bond acceptors (Lipinski definition) is 4. The second-order valence-corrected chi connectivity index (χ2v) is 4.76. The number of carbonyl (C=O) groups is 2. The van der Waals surface area contributed by atoms with Gasteiger partial charge in [-0.15, -0.1) is 0 Å². The Hall–Kier alpha value is -2.69. The van der Waals surface area contributed by atoms with E-state index in [1.807, 2.05) is 19.1 Å². The minimum atomic E-state index is -0.485. The maximum atomic E-state index is 12.2. The van der Waals surface area contributed by atoms with Gasteiger partial charge in [0, 0.05) is 12.4 Å². The van der Waals surface area contributed by atoms with Crippen LogP contribution in [0.2, 0.25) is 0 Å². The van der Waals surface area contributed by atoms with Crippen LogP contribution in [0, 0.1) is 0 Å². The summed E-state index contributed by atoms with van der Waals surface area (Å²) in [6.07, 6.45) is 4.66. The van der Waals surface area contributed by atoms with Gasteiger partial charge in [0.15, 0.2) is 0 Å². The molecule has 0 fully saturated rings. The molecule has 2 aromatic rings. The van der Waals surface area contributed by atoms with E-state index in [2.05, 4.69) is 10.3 Å². The first-order chi connectivity index (χ1) is 10.7. The lowest BCUT2D eigenvalue weighted by molar-refractivity contribution is -0.109. The molecule has 0 aliphatic rings.